The number of aromatic nitrogens is 3. The number of hydrogen-bond donors (Lipinski definition) is 1. The van der Waals surface area contributed by atoms with Crippen molar-refractivity contribution in [2.45, 2.75) is 26.3 Å². The molecule has 1 aliphatic rings. The number of hydrogen-bond acceptors (Lipinski definition) is 3. The second-order valence-electron chi connectivity index (χ2n) is 5.04. The minimum atomic E-state index is -0.123. The molecule has 1 fully saturated rings. The van der Waals surface area contributed by atoms with E-state index in [4.69, 9.17) is 0 Å². The lowest BCUT2D eigenvalue weighted by Crippen LogP contribution is -2.29. The molecule has 3 atom stereocenters. The fourth-order valence-electron chi connectivity index (χ4n) is 2.23. The van der Waals surface area contributed by atoms with Crippen molar-refractivity contribution in [1.29, 1.82) is 0 Å². The van der Waals surface area contributed by atoms with Crippen molar-refractivity contribution >= 4 is 11.6 Å². The highest BCUT2D eigenvalue weighted by Gasteiger charge is 2.39. The van der Waals surface area contributed by atoms with Gasteiger partial charge in [0.25, 0.3) is 0 Å². The maximum Gasteiger partial charge on any atom is 0.223 e. The second kappa shape index (κ2) is 4.08. The Hall–Kier alpha value is -1.91. The van der Waals surface area contributed by atoms with Crippen molar-refractivity contribution in [2.24, 2.45) is 11.8 Å². The first-order chi connectivity index (χ1) is 8.66. The molecule has 2 aromatic rings. The van der Waals surface area contributed by atoms with Crippen molar-refractivity contribution < 1.29 is 4.79 Å². The Morgan fingerprint density at radius 3 is 3.00 bits per heavy atom. The van der Waals surface area contributed by atoms with Gasteiger partial charge in [0.2, 0.25) is 5.91 Å². The summed E-state index contributed by atoms with van der Waals surface area (Å²) in [5.74, 6) is 1.61. The summed E-state index contributed by atoms with van der Waals surface area (Å²) in [6, 6.07) is 5.62. The molecule has 3 unspecified atom stereocenters. The molecular formula is C13H16N4O. The van der Waals surface area contributed by atoms with E-state index in [1.807, 2.05) is 35.7 Å². The molecule has 0 bridgehead atoms. The van der Waals surface area contributed by atoms with E-state index < -0.39 is 0 Å². The molecular weight excluding hydrogens is 228 g/mol. The van der Waals surface area contributed by atoms with Gasteiger partial charge < -0.3 is 5.32 Å². The third-order valence-corrected chi connectivity index (χ3v) is 3.53. The third-order valence-electron chi connectivity index (χ3n) is 3.53. The van der Waals surface area contributed by atoms with Gasteiger partial charge >= 0.3 is 0 Å². The van der Waals surface area contributed by atoms with Gasteiger partial charge in [-0.3, -0.25) is 9.20 Å². The van der Waals surface area contributed by atoms with Crippen molar-refractivity contribution in [3.05, 3.63) is 30.2 Å². The van der Waals surface area contributed by atoms with Crippen LogP contribution in [-0.4, -0.2) is 20.5 Å². The summed E-state index contributed by atoms with van der Waals surface area (Å²) in [6.07, 6.45) is 2.91. The Morgan fingerprint density at radius 1 is 1.50 bits per heavy atom. The zero-order chi connectivity index (χ0) is 12.7. The molecule has 0 saturated heterocycles. The Morgan fingerprint density at radius 2 is 2.28 bits per heavy atom. The number of carbonyl (C=O) groups excluding carboxylic acids is 1. The van der Waals surface area contributed by atoms with E-state index in [9.17, 15) is 4.79 Å². The SMILES string of the molecule is CC(NC(=O)C1CC1C)c1nnc2ccccn12. The van der Waals surface area contributed by atoms with Crippen LogP contribution in [0.5, 0.6) is 0 Å². The van der Waals surface area contributed by atoms with Crippen LogP contribution < -0.4 is 5.32 Å². The average molecular weight is 244 g/mol. The second-order valence-corrected chi connectivity index (χ2v) is 5.04. The molecule has 0 aliphatic heterocycles. The minimum Gasteiger partial charge on any atom is -0.346 e. The van der Waals surface area contributed by atoms with Crippen LogP contribution in [-0.2, 0) is 4.79 Å². The number of nitrogens with zero attached hydrogens (tertiary/aromatic N) is 3. The van der Waals surface area contributed by atoms with E-state index in [-0.39, 0.29) is 17.9 Å². The van der Waals surface area contributed by atoms with E-state index >= 15 is 0 Å². The molecule has 0 spiro atoms. The molecule has 1 N–H and O–H groups in total. The van der Waals surface area contributed by atoms with E-state index in [0.717, 1.165) is 17.9 Å². The van der Waals surface area contributed by atoms with Gasteiger partial charge in [0.05, 0.1) is 6.04 Å². The van der Waals surface area contributed by atoms with Crippen LogP contribution in [0.4, 0.5) is 0 Å². The maximum atomic E-state index is 11.9. The van der Waals surface area contributed by atoms with Gasteiger partial charge in [-0.05, 0) is 31.4 Å². The van der Waals surface area contributed by atoms with Gasteiger partial charge in [-0.25, -0.2) is 0 Å². The maximum absolute atomic E-state index is 11.9. The Balaban J connectivity index is 1.79. The molecule has 94 valence electrons. The van der Waals surface area contributed by atoms with Crippen LogP contribution >= 0.6 is 0 Å². The van der Waals surface area contributed by atoms with E-state index in [1.54, 1.807) is 0 Å². The number of rotatable bonds is 3. The number of fused-ring (bicyclic) bond motifs is 1. The van der Waals surface area contributed by atoms with Crippen molar-refractivity contribution in [1.82, 2.24) is 19.9 Å². The minimum absolute atomic E-state index is 0.123. The molecule has 5 heteroatoms. The van der Waals surface area contributed by atoms with Crippen LogP contribution in [0.15, 0.2) is 24.4 Å². The van der Waals surface area contributed by atoms with Crippen molar-refractivity contribution in [3.8, 4) is 0 Å². The lowest BCUT2D eigenvalue weighted by atomic mass is 10.2. The fourth-order valence-corrected chi connectivity index (χ4v) is 2.23. The van der Waals surface area contributed by atoms with Gasteiger partial charge in [-0.1, -0.05) is 13.0 Å². The summed E-state index contributed by atoms with van der Waals surface area (Å²) >= 11 is 0. The van der Waals surface area contributed by atoms with E-state index in [2.05, 4.69) is 22.4 Å². The first-order valence-corrected chi connectivity index (χ1v) is 6.27. The zero-order valence-electron chi connectivity index (χ0n) is 10.5. The van der Waals surface area contributed by atoms with Crippen LogP contribution in [0, 0.1) is 11.8 Å². The van der Waals surface area contributed by atoms with Crippen molar-refractivity contribution in [2.75, 3.05) is 0 Å². The standard InChI is InChI=1S/C13H16N4O/c1-8-7-10(8)13(18)14-9(2)12-16-15-11-5-3-4-6-17(11)12/h3-6,8-10H,7H2,1-2H3,(H,14,18). The fraction of sp³-hybridized carbons (Fsp3) is 0.462. The lowest BCUT2D eigenvalue weighted by molar-refractivity contribution is -0.123. The van der Waals surface area contributed by atoms with Gasteiger partial charge in [0, 0.05) is 12.1 Å². The molecule has 0 radical (unpaired) electrons. The summed E-state index contributed by atoms with van der Waals surface area (Å²) in [7, 11) is 0. The molecule has 1 aliphatic carbocycles. The van der Waals surface area contributed by atoms with Gasteiger partial charge in [0.1, 0.15) is 0 Å². The smallest absolute Gasteiger partial charge is 0.223 e. The van der Waals surface area contributed by atoms with Gasteiger partial charge in [-0.15, -0.1) is 10.2 Å². The Kier molecular flexibility index (Phi) is 2.54. The molecule has 3 rings (SSSR count). The first-order valence-electron chi connectivity index (χ1n) is 6.27. The highest BCUT2D eigenvalue weighted by atomic mass is 16.2. The number of nitrogens with one attached hydrogen (secondary N) is 1. The largest absolute Gasteiger partial charge is 0.346 e. The van der Waals surface area contributed by atoms with Crippen LogP contribution in [0.3, 0.4) is 0 Å². The summed E-state index contributed by atoms with van der Waals surface area (Å²) in [5.41, 5.74) is 0.799. The molecule has 1 amide bonds. The predicted octanol–water partition coefficient (Wildman–Crippen LogP) is 1.56. The van der Waals surface area contributed by atoms with Crippen molar-refractivity contribution in [3.63, 3.8) is 0 Å². The average Bonchev–Trinajstić information content (AvgIpc) is 2.94. The first kappa shape index (κ1) is 11.2. The molecule has 2 heterocycles. The Bertz CT molecular complexity index is 591. The number of pyridine rings is 1. The van der Waals surface area contributed by atoms with Crippen LogP contribution in [0.2, 0.25) is 0 Å². The lowest BCUT2D eigenvalue weighted by Gasteiger charge is -2.12. The molecule has 1 saturated carbocycles. The molecule has 18 heavy (non-hydrogen) atoms. The molecule has 5 nitrogen and oxygen atoms in total. The Labute approximate surface area is 105 Å². The summed E-state index contributed by atoms with van der Waals surface area (Å²) in [6.45, 7) is 4.04. The van der Waals surface area contributed by atoms with Gasteiger partial charge in [0.15, 0.2) is 11.5 Å². The summed E-state index contributed by atoms with van der Waals surface area (Å²) in [5, 5.41) is 11.2. The summed E-state index contributed by atoms with van der Waals surface area (Å²) in [4.78, 5) is 11.9. The normalized spacial score (nSPS) is 23.9. The zero-order valence-corrected chi connectivity index (χ0v) is 10.5. The van der Waals surface area contributed by atoms with Crippen LogP contribution in [0.25, 0.3) is 5.65 Å². The van der Waals surface area contributed by atoms with Crippen LogP contribution in [0.1, 0.15) is 32.1 Å². The molecule has 0 aromatic carbocycles. The monoisotopic (exact) mass is 244 g/mol. The highest BCUT2D eigenvalue weighted by molar-refractivity contribution is 5.81. The van der Waals surface area contributed by atoms with E-state index in [1.165, 1.54) is 0 Å². The van der Waals surface area contributed by atoms with E-state index in [0.29, 0.717) is 5.92 Å². The summed E-state index contributed by atoms with van der Waals surface area (Å²) < 4.78 is 1.90. The third kappa shape index (κ3) is 1.85. The number of carbonyl (C=O) groups is 1. The van der Waals surface area contributed by atoms with Gasteiger partial charge in [-0.2, -0.15) is 0 Å². The number of amides is 1. The highest BCUT2D eigenvalue weighted by Crippen LogP contribution is 2.38. The predicted molar refractivity (Wildman–Crippen MR) is 66.8 cm³/mol. The quantitative estimate of drug-likeness (QED) is 0.891. The molecule has 2 aromatic heterocycles. The topological polar surface area (TPSA) is 59.3 Å².